The summed E-state index contributed by atoms with van der Waals surface area (Å²) in [5.41, 5.74) is 2.54. The zero-order valence-electron chi connectivity index (χ0n) is 19.2. The molecule has 4 rings (SSSR count). The molecule has 1 atom stereocenters. The molecule has 174 valence electrons. The number of aromatic nitrogens is 1. The van der Waals surface area contributed by atoms with Crippen LogP contribution in [0.4, 0.5) is 5.13 Å². The number of Topliss-reactive ketones (excluding diaryl/α,β-unsaturated/α-hetero) is 1. The Kier molecular flexibility index (Phi) is 6.34. The lowest BCUT2D eigenvalue weighted by Gasteiger charge is -2.23. The average molecular weight is 477 g/mol. The number of hydrogen-bond acceptors (Lipinski definition) is 7. The fourth-order valence-corrected chi connectivity index (χ4v) is 4.94. The maximum atomic E-state index is 13.3. The van der Waals surface area contributed by atoms with Gasteiger partial charge in [0.1, 0.15) is 10.6 Å². The van der Waals surface area contributed by atoms with Gasteiger partial charge in [-0.1, -0.05) is 79.8 Å². The van der Waals surface area contributed by atoms with Crippen LogP contribution in [0.25, 0.3) is 5.76 Å². The number of thiazole rings is 1. The zero-order chi connectivity index (χ0) is 24.6. The summed E-state index contributed by atoms with van der Waals surface area (Å²) in [6.45, 7) is 5.78. The van der Waals surface area contributed by atoms with E-state index in [0.29, 0.717) is 22.7 Å². The van der Waals surface area contributed by atoms with Crippen molar-refractivity contribution in [1.82, 2.24) is 4.98 Å². The van der Waals surface area contributed by atoms with Crippen molar-refractivity contribution in [3.63, 3.8) is 0 Å². The Balaban J connectivity index is 1.92. The summed E-state index contributed by atoms with van der Waals surface area (Å²) in [4.78, 5) is 44.5. The molecule has 8 heteroatoms. The quantitative estimate of drug-likeness (QED) is 0.241. The summed E-state index contributed by atoms with van der Waals surface area (Å²) in [6, 6.07) is 15.3. The molecule has 1 amide bonds. The van der Waals surface area contributed by atoms with Crippen LogP contribution >= 0.6 is 11.3 Å². The minimum Gasteiger partial charge on any atom is -0.507 e. The second-order valence-electron chi connectivity index (χ2n) is 8.26. The van der Waals surface area contributed by atoms with E-state index in [1.54, 1.807) is 37.3 Å². The normalized spacial score (nSPS) is 17.4. The molecule has 0 bridgehead atoms. The second-order valence-corrected chi connectivity index (χ2v) is 9.24. The predicted molar refractivity (Wildman–Crippen MR) is 130 cm³/mol. The maximum Gasteiger partial charge on any atom is 0.350 e. The van der Waals surface area contributed by atoms with E-state index in [2.05, 4.69) is 18.8 Å². The molecule has 1 N–H and O–H groups in total. The molecule has 2 heterocycles. The van der Waals surface area contributed by atoms with Crippen molar-refractivity contribution in [3.05, 3.63) is 87.4 Å². The SMILES string of the molecule is COC(=O)c1sc(N2C(=O)C(=O)/C(=C(/O)c3ccccc3)C2c2ccc(C(C)C)cc2)nc1C. The number of nitrogens with zero attached hydrogens (tertiary/aromatic N) is 2. The highest BCUT2D eigenvalue weighted by Crippen LogP contribution is 2.44. The molecule has 1 aliphatic heterocycles. The number of ether oxygens (including phenoxy) is 1. The van der Waals surface area contributed by atoms with Crippen molar-refractivity contribution in [1.29, 1.82) is 0 Å². The van der Waals surface area contributed by atoms with Crippen LogP contribution < -0.4 is 4.90 Å². The second kappa shape index (κ2) is 9.23. The molecule has 0 aliphatic carbocycles. The van der Waals surface area contributed by atoms with Crippen LogP contribution in [-0.4, -0.2) is 34.9 Å². The number of benzene rings is 2. The molecule has 0 radical (unpaired) electrons. The Bertz CT molecular complexity index is 1290. The number of methoxy groups -OCH3 is 1. The molecule has 2 aromatic carbocycles. The van der Waals surface area contributed by atoms with Crippen molar-refractivity contribution in [3.8, 4) is 0 Å². The lowest BCUT2D eigenvalue weighted by molar-refractivity contribution is -0.132. The molecule has 1 saturated heterocycles. The first-order valence-electron chi connectivity index (χ1n) is 10.8. The topological polar surface area (TPSA) is 96.8 Å². The summed E-state index contributed by atoms with van der Waals surface area (Å²) in [6.07, 6.45) is 0. The molecule has 0 spiro atoms. The Labute approximate surface area is 201 Å². The van der Waals surface area contributed by atoms with Crippen LogP contribution in [0.3, 0.4) is 0 Å². The molecule has 1 unspecified atom stereocenters. The van der Waals surface area contributed by atoms with Gasteiger partial charge in [-0.25, -0.2) is 9.78 Å². The van der Waals surface area contributed by atoms with Crippen molar-refractivity contribution in [2.24, 2.45) is 0 Å². The number of aryl methyl sites for hydroxylation is 1. The minimum absolute atomic E-state index is 0.0269. The summed E-state index contributed by atoms with van der Waals surface area (Å²) in [7, 11) is 1.27. The third-order valence-corrected chi connectivity index (χ3v) is 6.91. The number of ketones is 1. The lowest BCUT2D eigenvalue weighted by Crippen LogP contribution is -2.29. The van der Waals surface area contributed by atoms with Crippen LogP contribution in [-0.2, 0) is 14.3 Å². The number of carbonyl (C=O) groups excluding carboxylic acids is 3. The maximum absolute atomic E-state index is 13.3. The van der Waals surface area contributed by atoms with E-state index in [-0.39, 0.29) is 21.3 Å². The monoisotopic (exact) mass is 476 g/mol. The van der Waals surface area contributed by atoms with Crippen molar-refractivity contribution in [2.45, 2.75) is 32.7 Å². The molecule has 0 saturated carbocycles. The van der Waals surface area contributed by atoms with Gasteiger partial charge in [0.25, 0.3) is 5.78 Å². The van der Waals surface area contributed by atoms with Gasteiger partial charge in [-0.15, -0.1) is 0 Å². The van der Waals surface area contributed by atoms with Gasteiger partial charge in [-0.3, -0.25) is 14.5 Å². The first-order chi connectivity index (χ1) is 16.2. The fraction of sp³-hybridized carbons (Fsp3) is 0.231. The zero-order valence-corrected chi connectivity index (χ0v) is 20.1. The van der Waals surface area contributed by atoms with Crippen LogP contribution in [0.5, 0.6) is 0 Å². The van der Waals surface area contributed by atoms with E-state index >= 15 is 0 Å². The highest BCUT2D eigenvalue weighted by molar-refractivity contribution is 7.17. The molecule has 1 aliphatic rings. The van der Waals surface area contributed by atoms with Crippen LogP contribution in [0.2, 0.25) is 0 Å². The number of hydrogen-bond donors (Lipinski definition) is 1. The third-order valence-electron chi connectivity index (χ3n) is 5.77. The van der Waals surface area contributed by atoms with E-state index in [9.17, 15) is 19.5 Å². The van der Waals surface area contributed by atoms with E-state index in [1.807, 2.05) is 24.3 Å². The van der Waals surface area contributed by atoms with Gasteiger partial charge in [0.05, 0.1) is 24.4 Å². The molecule has 7 nitrogen and oxygen atoms in total. The molecule has 3 aromatic rings. The number of aliphatic hydroxyl groups is 1. The van der Waals surface area contributed by atoms with Gasteiger partial charge in [-0.2, -0.15) is 0 Å². The Morgan fingerprint density at radius 2 is 1.74 bits per heavy atom. The number of amides is 1. The van der Waals surface area contributed by atoms with Gasteiger partial charge < -0.3 is 9.84 Å². The van der Waals surface area contributed by atoms with Crippen LogP contribution in [0.1, 0.15) is 57.9 Å². The predicted octanol–water partition coefficient (Wildman–Crippen LogP) is 4.99. The van der Waals surface area contributed by atoms with E-state index in [0.717, 1.165) is 16.9 Å². The largest absolute Gasteiger partial charge is 0.507 e. The van der Waals surface area contributed by atoms with Crippen molar-refractivity contribution in [2.75, 3.05) is 12.0 Å². The van der Waals surface area contributed by atoms with Crippen molar-refractivity contribution < 1.29 is 24.2 Å². The first kappa shape index (κ1) is 23.4. The number of rotatable bonds is 5. The Morgan fingerprint density at radius 3 is 2.32 bits per heavy atom. The van der Waals surface area contributed by atoms with Gasteiger partial charge in [0, 0.05) is 5.56 Å². The van der Waals surface area contributed by atoms with E-state index < -0.39 is 23.7 Å². The Hall–Kier alpha value is -3.78. The third kappa shape index (κ3) is 4.01. The molecular formula is C26H24N2O5S. The smallest absolute Gasteiger partial charge is 0.350 e. The van der Waals surface area contributed by atoms with Crippen LogP contribution in [0, 0.1) is 6.92 Å². The summed E-state index contributed by atoms with van der Waals surface area (Å²) in [5.74, 6) is -2.16. The van der Waals surface area contributed by atoms with Gasteiger partial charge in [0.2, 0.25) is 0 Å². The highest BCUT2D eigenvalue weighted by Gasteiger charge is 2.48. The number of carbonyl (C=O) groups is 3. The Morgan fingerprint density at radius 1 is 1.09 bits per heavy atom. The molecule has 34 heavy (non-hydrogen) atoms. The first-order valence-corrected chi connectivity index (χ1v) is 11.6. The molecular weight excluding hydrogens is 452 g/mol. The standard InChI is InChI=1S/C26H24N2O5S/c1-14(2)16-10-12-17(13-11-16)20-19(21(29)18-8-6-5-7-9-18)22(30)24(31)28(20)26-27-15(3)23(34-26)25(32)33-4/h5-14,20,29H,1-4H3/b21-19+. The lowest BCUT2D eigenvalue weighted by atomic mass is 9.93. The van der Waals surface area contributed by atoms with Gasteiger partial charge in [0.15, 0.2) is 5.13 Å². The van der Waals surface area contributed by atoms with Gasteiger partial charge in [-0.05, 0) is 24.0 Å². The number of esters is 1. The van der Waals surface area contributed by atoms with Crippen molar-refractivity contribution >= 4 is 39.9 Å². The van der Waals surface area contributed by atoms with Crippen LogP contribution in [0.15, 0.2) is 60.2 Å². The highest BCUT2D eigenvalue weighted by atomic mass is 32.1. The average Bonchev–Trinajstić information content (AvgIpc) is 3.35. The van der Waals surface area contributed by atoms with Gasteiger partial charge >= 0.3 is 11.9 Å². The molecule has 1 fully saturated rings. The van der Waals surface area contributed by atoms with E-state index in [1.165, 1.54) is 12.0 Å². The summed E-state index contributed by atoms with van der Waals surface area (Å²) in [5, 5.41) is 11.3. The van der Waals surface area contributed by atoms with E-state index in [4.69, 9.17) is 4.74 Å². The fourth-order valence-electron chi connectivity index (χ4n) is 3.93. The number of anilines is 1. The summed E-state index contributed by atoms with van der Waals surface area (Å²) >= 11 is 0.974. The summed E-state index contributed by atoms with van der Waals surface area (Å²) < 4.78 is 4.82. The number of aliphatic hydroxyl groups excluding tert-OH is 1. The molecule has 1 aromatic heterocycles. The minimum atomic E-state index is -0.905.